The predicted molar refractivity (Wildman–Crippen MR) is 83.7 cm³/mol. The molecule has 22 heavy (non-hydrogen) atoms. The van der Waals surface area contributed by atoms with E-state index in [1.54, 1.807) is 13.8 Å². The minimum absolute atomic E-state index is 0.101. The van der Waals surface area contributed by atoms with Crippen molar-refractivity contribution in [3.05, 3.63) is 0 Å². The van der Waals surface area contributed by atoms with Gasteiger partial charge in [-0.05, 0) is 48.0 Å². The van der Waals surface area contributed by atoms with Crippen molar-refractivity contribution < 1.29 is 26.4 Å². The molecule has 7 heteroatoms. The van der Waals surface area contributed by atoms with Gasteiger partial charge in [-0.3, -0.25) is 0 Å². The molecule has 0 saturated heterocycles. The summed E-state index contributed by atoms with van der Waals surface area (Å²) >= 11 is 0. The van der Waals surface area contributed by atoms with Crippen molar-refractivity contribution in [1.82, 2.24) is 0 Å². The van der Waals surface area contributed by atoms with Gasteiger partial charge in [0.1, 0.15) is 0 Å². The van der Waals surface area contributed by atoms with Crippen molar-refractivity contribution in [2.75, 3.05) is 0 Å². The molecular weight excluding hydrogens is 313 g/mol. The van der Waals surface area contributed by atoms with Gasteiger partial charge in [0.05, 0.1) is 5.60 Å². The van der Waals surface area contributed by atoms with Gasteiger partial charge in [0.2, 0.25) is 0 Å². The highest BCUT2D eigenvalue weighted by Crippen LogP contribution is 2.33. The van der Waals surface area contributed by atoms with Crippen LogP contribution in [0, 0.1) is 0 Å². The van der Waals surface area contributed by atoms with E-state index in [4.69, 9.17) is 13.3 Å². The van der Waals surface area contributed by atoms with Crippen molar-refractivity contribution in [3.63, 3.8) is 0 Å². The molecule has 0 aromatic rings. The van der Waals surface area contributed by atoms with Gasteiger partial charge in [0.25, 0.3) is 0 Å². The third-order valence-electron chi connectivity index (χ3n) is 2.83. The Hall–Kier alpha value is -0.113. The van der Waals surface area contributed by atoms with Crippen LogP contribution < -0.4 is 0 Å². The molecule has 3 nitrogen and oxygen atoms in total. The second-order valence-corrected chi connectivity index (χ2v) is 9.28. The number of rotatable bonds is 10. The molecule has 0 spiro atoms. The van der Waals surface area contributed by atoms with E-state index in [1.807, 2.05) is 34.6 Å². The van der Waals surface area contributed by atoms with Crippen LogP contribution in [0.1, 0.15) is 67.7 Å². The van der Waals surface area contributed by atoms with Crippen molar-refractivity contribution in [3.8, 4) is 0 Å². The molecule has 0 unspecified atom stereocenters. The Labute approximate surface area is 133 Å². The Balaban J connectivity index is 5.13. The van der Waals surface area contributed by atoms with Gasteiger partial charge in [-0.1, -0.05) is 13.3 Å². The molecule has 0 rings (SSSR count). The first-order chi connectivity index (χ1) is 9.81. The molecule has 0 radical (unpaired) electrons. The van der Waals surface area contributed by atoms with Crippen LogP contribution >= 0.6 is 0 Å². The Morgan fingerprint density at radius 2 is 1.36 bits per heavy atom. The van der Waals surface area contributed by atoms with E-state index >= 15 is 0 Å². The molecule has 0 N–H and O–H groups in total. The maximum Gasteiger partial charge on any atom is 0.501 e. The van der Waals surface area contributed by atoms with Crippen LogP contribution in [0.4, 0.5) is 13.2 Å². The number of hydrogen-bond acceptors (Lipinski definition) is 3. The number of halogens is 3. The minimum Gasteiger partial charge on any atom is -0.371 e. The van der Waals surface area contributed by atoms with E-state index in [1.165, 1.54) is 0 Å². The molecule has 0 atom stereocenters. The largest absolute Gasteiger partial charge is 0.501 e. The summed E-state index contributed by atoms with van der Waals surface area (Å²) in [7, 11) is -3.02. The zero-order valence-electron chi connectivity index (χ0n) is 14.8. The van der Waals surface area contributed by atoms with Crippen LogP contribution in [0.2, 0.25) is 6.04 Å². The van der Waals surface area contributed by atoms with Crippen LogP contribution in [0.25, 0.3) is 0 Å². The average Bonchev–Trinajstić information content (AvgIpc) is 2.22. The SMILES string of the molecule is CCC[Si](OC(C)C)(OC(C)C)OC(C)(C)CCC(F)(F)F. The van der Waals surface area contributed by atoms with Crippen molar-refractivity contribution in [2.45, 2.75) is 97.8 Å². The van der Waals surface area contributed by atoms with Crippen molar-refractivity contribution in [2.24, 2.45) is 0 Å². The maximum atomic E-state index is 12.5. The van der Waals surface area contributed by atoms with Gasteiger partial charge in [-0.25, -0.2) is 0 Å². The molecule has 0 bridgehead atoms. The number of alkyl halides is 3. The summed E-state index contributed by atoms with van der Waals surface area (Å²) in [6.07, 6.45) is -4.59. The van der Waals surface area contributed by atoms with Crippen LogP contribution in [0.3, 0.4) is 0 Å². The Kier molecular flexibility index (Phi) is 8.61. The van der Waals surface area contributed by atoms with Crippen LogP contribution in [-0.4, -0.2) is 32.8 Å². The molecular formula is C15H31F3O3Si. The number of hydrogen-bond donors (Lipinski definition) is 0. The van der Waals surface area contributed by atoms with Crippen LogP contribution in [0.5, 0.6) is 0 Å². The summed E-state index contributed by atoms with van der Waals surface area (Å²) in [6, 6.07) is 0.596. The smallest absolute Gasteiger partial charge is 0.371 e. The average molecular weight is 344 g/mol. The normalized spacial score (nSPS) is 14.2. The molecule has 0 amide bonds. The molecule has 0 aliphatic heterocycles. The summed E-state index contributed by atoms with van der Waals surface area (Å²) in [6.45, 7) is 12.9. The van der Waals surface area contributed by atoms with Crippen LogP contribution in [0.15, 0.2) is 0 Å². The second kappa shape index (κ2) is 8.66. The minimum atomic E-state index is -4.19. The van der Waals surface area contributed by atoms with E-state index in [9.17, 15) is 13.2 Å². The van der Waals surface area contributed by atoms with Gasteiger partial charge in [-0.15, -0.1) is 0 Å². The standard InChI is InChI=1S/C15H31F3O3Si/c1-8-11-22(19-12(2)3,20-13(4)5)21-14(6,7)9-10-15(16,17)18/h12-13H,8-11H2,1-7H3. The zero-order chi connectivity index (χ0) is 17.6. The Morgan fingerprint density at radius 1 is 0.909 bits per heavy atom. The van der Waals surface area contributed by atoms with E-state index in [2.05, 4.69) is 0 Å². The second-order valence-electron chi connectivity index (χ2n) is 6.74. The van der Waals surface area contributed by atoms with Gasteiger partial charge < -0.3 is 13.3 Å². The van der Waals surface area contributed by atoms with Gasteiger partial charge in [0, 0.05) is 24.7 Å². The predicted octanol–water partition coefficient (Wildman–Crippen LogP) is 5.32. The highest BCUT2D eigenvalue weighted by Gasteiger charge is 2.47. The fraction of sp³-hybridized carbons (Fsp3) is 1.00. The van der Waals surface area contributed by atoms with E-state index in [0.717, 1.165) is 6.42 Å². The lowest BCUT2D eigenvalue weighted by atomic mass is 10.0. The lowest BCUT2D eigenvalue weighted by Gasteiger charge is -2.39. The molecule has 0 saturated carbocycles. The highest BCUT2D eigenvalue weighted by molar-refractivity contribution is 6.60. The van der Waals surface area contributed by atoms with Crippen molar-refractivity contribution >= 4 is 8.80 Å². The Morgan fingerprint density at radius 3 is 1.68 bits per heavy atom. The van der Waals surface area contributed by atoms with Crippen LogP contribution in [-0.2, 0) is 13.3 Å². The van der Waals surface area contributed by atoms with E-state index < -0.39 is 27.0 Å². The summed E-state index contributed by atoms with van der Waals surface area (Å²) in [5.41, 5.74) is -0.944. The molecule has 0 aliphatic carbocycles. The summed E-state index contributed by atoms with van der Waals surface area (Å²) < 4.78 is 55.5. The first-order valence-corrected chi connectivity index (χ1v) is 9.86. The van der Waals surface area contributed by atoms with Gasteiger partial charge in [0.15, 0.2) is 0 Å². The summed E-state index contributed by atoms with van der Waals surface area (Å²) in [5, 5.41) is 0. The fourth-order valence-corrected chi connectivity index (χ4v) is 5.67. The lowest BCUT2D eigenvalue weighted by Crippen LogP contribution is -2.53. The first kappa shape index (κ1) is 21.9. The van der Waals surface area contributed by atoms with E-state index in [-0.39, 0.29) is 18.6 Å². The molecule has 0 heterocycles. The molecule has 0 aromatic heterocycles. The highest BCUT2D eigenvalue weighted by atomic mass is 28.4. The first-order valence-electron chi connectivity index (χ1n) is 7.93. The molecule has 0 aromatic carbocycles. The van der Waals surface area contributed by atoms with Gasteiger partial charge >= 0.3 is 15.0 Å². The van der Waals surface area contributed by atoms with Gasteiger partial charge in [-0.2, -0.15) is 13.2 Å². The maximum absolute atomic E-state index is 12.5. The summed E-state index contributed by atoms with van der Waals surface area (Å²) in [4.78, 5) is 0. The third-order valence-corrected chi connectivity index (χ3v) is 6.47. The quantitative estimate of drug-likeness (QED) is 0.502. The molecule has 0 aliphatic rings. The summed E-state index contributed by atoms with van der Waals surface area (Å²) in [5.74, 6) is 0. The molecule has 134 valence electrons. The monoisotopic (exact) mass is 344 g/mol. The zero-order valence-corrected chi connectivity index (χ0v) is 15.8. The van der Waals surface area contributed by atoms with Crippen molar-refractivity contribution in [1.29, 1.82) is 0 Å². The Bertz CT molecular complexity index is 308. The lowest BCUT2D eigenvalue weighted by molar-refractivity contribution is -0.146. The molecule has 0 fully saturated rings. The fourth-order valence-electron chi connectivity index (χ4n) is 2.18. The van der Waals surface area contributed by atoms with E-state index in [0.29, 0.717) is 6.04 Å². The topological polar surface area (TPSA) is 27.7 Å². The third kappa shape index (κ3) is 9.81.